The first-order chi connectivity index (χ1) is 14.5. The molecule has 0 radical (unpaired) electrons. The van der Waals surface area contributed by atoms with Crippen LogP contribution in [-0.4, -0.2) is 35.3 Å². The number of carbonyl (C=O) groups is 1. The molecule has 5 N–H and O–H groups in total. The van der Waals surface area contributed by atoms with Crippen molar-refractivity contribution in [1.82, 2.24) is 0 Å². The van der Waals surface area contributed by atoms with E-state index in [1.807, 2.05) is 48.5 Å². The van der Waals surface area contributed by atoms with Crippen molar-refractivity contribution in [2.45, 2.75) is 18.9 Å². The van der Waals surface area contributed by atoms with Crippen molar-refractivity contribution in [1.29, 1.82) is 0 Å². The number of rotatable bonds is 6. The van der Waals surface area contributed by atoms with Gasteiger partial charge in [-0.15, -0.1) is 0 Å². The third-order valence-electron chi connectivity index (χ3n) is 5.23. The second-order valence-electron chi connectivity index (χ2n) is 7.38. The minimum absolute atomic E-state index is 0.0300. The number of ether oxygens (including phenoxy) is 1. The predicted octanol–water partition coefficient (Wildman–Crippen LogP) is 3.07. The number of para-hydroxylation sites is 2. The van der Waals surface area contributed by atoms with E-state index in [9.17, 15) is 9.90 Å². The molecule has 4 rings (SSSR count). The van der Waals surface area contributed by atoms with E-state index in [1.165, 1.54) is 0 Å². The summed E-state index contributed by atoms with van der Waals surface area (Å²) in [5, 5.41) is 21.7. The van der Waals surface area contributed by atoms with Crippen molar-refractivity contribution in [3.63, 3.8) is 0 Å². The average molecular weight is 404 g/mol. The molecule has 0 saturated carbocycles. The largest absolute Gasteiger partial charge is 0.491 e. The lowest BCUT2D eigenvalue weighted by molar-refractivity contribution is 0.0536. The monoisotopic (exact) mass is 404 g/mol. The van der Waals surface area contributed by atoms with Crippen LogP contribution in [-0.2, 0) is 12.8 Å². The van der Waals surface area contributed by atoms with Gasteiger partial charge in [-0.3, -0.25) is 4.79 Å². The number of aryl methyl sites for hydroxylation is 2. The summed E-state index contributed by atoms with van der Waals surface area (Å²) in [5.74, 6) is 0.451. The van der Waals surface area contributed by atoms with Gasteiger partial charge in [0.25, 0.3) is 0 Å². The molecule has 1 aliphatic carbocycles. The second-order valence-corrected chi connectivity index (χ2v) is 7.38. The highest BCUT2D eigenvalue weighted by Crippen LogP contribution is 2.30. The van der Waals surface area contributed by atoms with Crippen molar-refractivity contribution >= 4 is 22.8 Å². The number of benzene rings is 3. The number of carbonyl (C=O) groups excluding carboxylic acids is 1. The van der Waals surface area contributed by atoms with Crippen molar-refractivity contribution in [2.24, 2.45) is 0 Å². The van der Waals surface area contributed by atoms with Gasteiger partial charge in [0.2, 0.25) is 0 Å². The highest BCUT2D eigenvalue weighted by Gasteiger charge is 2.22. The number of nitrogens with one attached hydrogen (secondary N) is 1. The number of nitrogens with two attached hydrogens (primary N) is 1. The smallest absolute Gasteiger partial charge is 0.193 e. The molecule has 0 aromatic heterocycles. The first-order valence-corrected chi connectivity index (χ1v) is 9.89. The molecule has 0 aliphatic heterocycles. The zero-order chi connectivity index (χ0) is 21.1. The van der Waals surface area contributed by atoms with Crippen LogP contribution in [0.3, 0.4) is 0 Å². The van der Waals surface area contributed by atoms with Crippen molar-refractivity contribution in [3.05, 3.63) is 82.9 Å². The molecular formula is C24H24N2O4. The highest BCUT2D eigenvalue weighted by atomic mass is 16.5. The molecule has 0 heterocycles. The van der Waals surface area contributed by atoms with Gasteiger partial charge in [0, 0.05) is 16.8 Å². The van der Waals surface area contributed by atoms with E-state index in [1.54, 1.807) is 12.1 Å². The third-order valence-corrected chi connectivity index (χ3v) is 5.23. The molecule has 6 nitrogen and oxygen atoms in total. The van der Waals surface area contributed by atoms with Gasteiger partial charge in [-0.25, -0.2) is 0 Å². The molecule has 3 aromatic rings. The Morgan fingerprint density at radius 1 is 1.00 bits per heavy atom. The van der Waals surface area contributed by atoms with Crippen LogP contribution in [0.2, 0.25) is 0 Å². The van der Waals surface area contributed by atoms with Crippen LogP contribution in [0.15, 0.2) is 60.7 Å². The Kier molecular flexibility index (Phi) is 5.70. The molecule has 3 aromatic carbocycles. The minimum atomic E-state index is -0.954. The SMILES string of the molecule is Nc1ccccc1Nc1ccc2c(c1)CCc1ccc(OC[C@H](O)CO)cc1C2=O. The number of nitrogen functional groups attached to an aromatic ring is 1. The normalized spacial score (nSPS) is 13.7. The van der Waals surface area contributed by atoms with Gasteiger partial charge in [0.05, 0.1) is 18.0 Å². The van der Waals surface area contributed by atoms with E-state index in [-0.39, 0.29) is 19.0 Å². The first-order valence-electron chi connectivity index (χ1n) is 9.89. The fraction of sp³-hybridized carbons (Fsp3) is 0.208. The fourth-order valence-corrected chi connectivity index (χ4v) is 3.60. The van der Waals surface area contributed by atoms with Crippen molar-refractivity contribution in [2.75, 3.05) is 24.3 Å². The van der Waals surface area contributed by atoms with Crippen LogP contribution in [0.5, 0.6) is 5.75 Å². The molecule has 0 saturated heterocycles. The van der Waals surface area contributed by atoms with Crippen molar-refractivity contribution in [3.8, 4) is 5.75 Å². The molecule has 0 bridgehead atoms. The molecule has 0 amide bonds. The molecule has 154 valence electrons. The lowest BCUT2D eigenvalue weighted by atomic mass is 9.98. The van der Waals surface area contributed by atoms with Gasteiger partial charge < -0.3 is 26.0 Å². The Balaban J connectivity index is 1.59. The summed E-state index contributed by atoms with van der Waals surface area (Å²) in [5.41, 5.74) is 11.6. The van der Waals surface area contributed by atoms with Crippen LogP contribution >= 0.6 is 0 Å². The van der Waals surface area contributed by atoms with Gasteiger partial charge in [0.1, 0.15) is 18.5 Å². The Morgan fingerprint density at radius 3 is 2.60 bits per heavy atom. The number of fused-ring (bicyclic) bond motifs is 2. The molecule has 1 atom stereocenters. The maximum absolute atomic E-state index is 13.2. The van der Waals surface area contributed by atoms with E-state index < -0.39 is 6.10 Å². The molecule has 1 aliphatic rings. The van der Waals surface area contributed by atoms with E-state index in [4.69, 9.17) is 15.6 Å². The first kappa shape index (κ1) is 19.9. The van der Waals surface area contributed by atoms with E-state index >= 15 is 0 Å². The standard InChI is InChI=1S/C24H24N2O4/c25-22-3-1-2-4-23(22)26-17-8-10-20-16(11-17)6-5-15-7-9-19(12-21(15)24(20)29)30-14-18(28)13-27/h1-4,7-12,18,26-28H,5-6,13-14,25H2/t18-/m1/s1. The predicted molar refractivity (Wildman–Crippen MR) is 116 cm³/mol. The number of hydrogen-bond acceptors (Lipinski definition) is 6. The van der Waals surface area contributed by atoms with Crippen LogP contribution < -0.4 is 15.8 Å². The van der Waals surface area contributed by atoms with Gasteiger partial charge in [-0.05, 0) is 66.4 Å². The highest BCUT2D eigenvalue weighted by molar-refractivity contribution is 6.11. The lowest BCUT2D eigenvalue weighted by Crippen LogP contribution is -2.21. The van der Waals surface area contributed by atoms with Crippen LogP contribution in [0.4, 0.5) is 17.1 Å². The summed E-state index contributed by atoms with van der Waals surface area (Å²) in [6, 6.07) is 18.7. The molecule has 0 unspecified atom stereocenters. The average Bonchev–Trinajstić information content (AvgIpc) is 2.90. The van der Waals surface area contributed by atoms with E-state index in [2.05, 4.69) is 5.32 Å². The maximum atomic E-state index is 13.2. The Morgan fingerprint density at radius 2 is 1.80 bits per heavy atom. The second kappa shape index (κ2) is 8.57. The zero-order valence-corrected chi connectivity index (χ0v) is 16.5. The topological polar surface area (TPSA) is 105 Å². The zero-order valence-electron chi connectivity index (χ0n) is 16.5. The molecule has 6 heteroatoms. The van der Waals surface area contributed by atoms with Crippen LogP contribution in [0.1, 0.15) is 27.0 Å². The molecule has 0 fully saturated rings. The van der Waals surface area contributed by atoms with E-state index in [0.717, 1.165) is 35.3 Å². The fourth-order valence-electron chi connectivity index (χ4n) is 3.60. The summed E-state index contributed by atoms with van der Waals surface area (Å²) >= 11 is 0. The lowest BCUT2D eigenvalue weighted by Gasteiger charge is -2.13. The number of aliphatic hydroxyl groups excluding tert-OH is 2. The maximum Gasteiger partial charge on any atom is 0.193 e. The van der Waals surface area contributed by atoms with E-state index in [0.29, 0.717) is 22.6 Å². The Hall–Kier alpha value is -3.35. The summed E-state index contributed by atoms with van der Waals surface area (Å²) in [6.07, 6.45) is 0.534. The van der Waals surface area contributed by atoms with Crippen LogP contribution in [0, 0.1) is 0 Å². The van der Waals surface area contributed by atoms with Gasteiger partial charge >= 0.3 is 0 Å². The number of hydrogen-bond donors (Lipinski definition) is 4. The molecule has 30 heavy (non-hydrogen) atoms. The number of ketones is 1. The third kappa shape index (κ3) is 4.15. The van der Waals surface area contributed by atoms with Crippen LogP contribution in [0.25, 0.3) is 0 Å². The summed E-state index contributed by atoms with van der Waals surface area (Å²) in [7, 11) is 0. The molecule has 0 spiro atoms. The summed E-state index contributed by atoms with van der Waals surface area (Å²) in [6.45, 7) is -0.403. The van der Waals surface area contributed by atoms with Crippen molar-refractivity contribution < 1.29 is 19.7 Å². The number of anilines is 3. The van der Waals surface area contributed by atoms with Gasteiger partial charge in [-0.1, -0.05) is 18.2 Å². The minimum Gasteiger partial charge on any atom is -0.491 e. The summed E-state index contributed by atoms with van der Waals surface area (Å²) < 4.78 is 5.51. The van der Waals surface area contributed by atoms with Gasteiger partial charge in [0.15, 0.2) is 5.78 Å². The molecular weight excluding hydrogens is 380 g/mol. The quantitative estimate of drug-likeness (QED) is 0.471. The summed E-state index contributed by atoms with van der Waals surface area (Å²) in [4.78, 5) is 13.2. The van der Waals surface area contributed by atoms with Gasteiger partial charge in [-0.2, -0.15) is 0 Å². The Bertz CT molecular complexity index is 1080. The Labute approximate surface area is 174 Å². The number of aliphatic hydroxyl groups is 2.